The molecule has 3 aromatic carbocycles. The third-order valence-corrected chi connectivity index (χ3v) is 5.03. The van der Waals surface area contributed by atoms with E-state index in [9.17, 15) is 9.90 Å². The highest BCUT2D eigenvalue weighted by Crippen LogP contribution is 2.36. The number of aliphatic imine (C=N–C) groups is 1. The summed E-state index contributed by atoms with van der Waals surface area (Å²) in [5.41, 5.74) is 4.61. The summed E-state index contributed by atoms with van der Waals surface area (Å²) >= 11 is 0. The summed E-state index contributed by atoms with van der Waals surface area (Å²) in [6.07, 6.45) is 0. The number of carbonyl (C=O) groups is 1. The molecule has 5 rings (SSSR count). The zero-order valence-corrected chi connectivity index (χ0v) is 15.1. The number of nitrogens with zero attached hydrogens (tertiary/aromatic N) is 1. The number of methoxy groups -OCH3 is 1. The van der Waals surface area contributed by atoms with Crippen molar-refractivity contribution < 1.29 is 14.6 Å². The van der Waals surface area contributed by atoms with Crippen LogP contribution in [0.4, 0.5) is 5.69 Å². The number of ether oxygens (including phenoxy) is 1. The van der Waals surface area contributed by atoms with Crippen LogP contribution in [0, 0.1) is 0 Å². The standard InChI is InChI=1S/C23H16N2O3/c1-28-15-9-6-13(7-10-15)14-8-11-19-17(12-14)20(23(27)25-19)21-22(26)16-4-2-3-5-18(16)24-21/h2-12,25,27H,1H3. The van der Waals surface area contributed by atoms with E-state index in [2.05, 4.69) is 9.98 Å². The van der Waals surface area contributed by atoms with Gasteiger partial charge in [-0.15, -0.1) is 0 Å². The van der Waals surface area contributed by atoms with Gasteiger partial charge >= 0.3 is 0 Å². The first-order valence-electron chi connectivity index (χ1n) is 8.87. The fraction of sp³-hybridized carbons (Fsp3) is 0.0435. The lowest BCUT2D eigenvalue weighted by Crippen LogP contribution is -2.10. The highest BCUT2D eigenvalue weighted by molar-refractivity contribution is 6.56. The number of H-pyrrole nitrogens is 1. The molecule has 0 radical (unpaired) electrons. The van der Waals surface area contributed by atoms with Crippen LogP contribution in [0.3, 0.4) is 0 Å². The minimum atomic E-state index is -0.179. The summed E-state index contributed by atoms with van der Waals surface area (Å²) in [4.78, 5) is 20.3. The van der Waals surface area contributed by atoms with Crippen molar-refractivity contribution in [3.05, 3.63) is 77.9 Å². The van der Waals surface area contributed by atoms with Gasteiger partial charge < -0.3 is 14.8 Å². The van der Waals surface area contributed by atoms with E-state index in [1.165, 1.54) is 0 Å². The summed E-state index contributed by atoms with van der Waals surface area (Å²) in [5.74, 6) is 0.553. The number of benzene rings is 3. The molecule has 0 saturated heterocycles. The third-order valence-electron chi connectivity index (χ3n) is 5.03. The Morgan fingerprint density at radius 2 is 1.71 bits per heavy atom. The zero-order chi connectivity index (χ0) is 19.3. The quantitative estimate of drug-likeness (QED) is 0.542. The number of aromatic nitrogens is 1. The van der Waals surface area contributed by atoms with Gasteiger partial charge in [0.2, 0.25) is 5.78 Å². The van der Waals surface area contributed by atoms with Crippen molar-refractivity contribution in [1.29, 1.82) is 0 Å². The van der Waals surface area contributed by atoms with Crippen LogP contribution in [0.1, 0.15) is 15.9 Å². The average Bonchev–Trinajstić information content (AvgIpc) is 3.23. The van der Waals surface area contributed by atoms with Crippen LogP contribution in [0.15, 0.2) is 71.7 Å². The van der Waals surface area contributed by atoms with Crippen LogP contribution in [-0.2, 0) is 0 Å². The largest absolute Gasteiger partial charge is 0.497 e. The first-order valence-corrected chi connectivity index (χ1v) is 8.87. The Morgan fingerprint density at radius 3 is 2.46 bits per heavy atom. The van der Waals surface area contributed by atoms with Gasteiger partial charge in [-0.1, -0.05) is 30.3 Å². The summed E-state index contributed by atoms with van der Waals surface area (Å²) in [6.45, 7) is 0. The van der Waals surface area contributed by atoms with Crippen LogP contribution in [0.2, 0.25) is 0 Å². The number of carbonyl (C=O) groups excluding carboxylic acids is 1. The monoisotopic (exact) mass is 368 g/mol. The van der Waals surface area contributed by atoms with Crippen molar-refractivity contribution >= 4 is 28.1 Å². The first kappa shape index (κ1) is 16.3. The van der Waals surface area contributed by atoms with Gasteiger partial charge in [0.1, 0.15) is 11.5 Å². The molecule has 136 valence electrons. The molecule has 1 aliphatic heterocycles. The van der Waals surface area contributed by atoms with E-state index in [4.69, 9.17) is 4.74 Å². The second kappa shape index (κ2) is 6.09. The van der Waals surface area contributed by atoms with Crippen LogP contribution in [-0.4, -0.2) is 28.7 Å². The van der Waals surface area contributed by atoms with E-state index < -0.39 is 0 Å². The molecule has 0 spiro atoms. The molecule has 1 aromatic heterocycles. The van der Waals surface area contributed by atoms with Gasteiger partial charge in [0, 0.05) is 16.5 Å². The molecule has 28 heavy (non-hydrogen) atoms. The number of nitrogens with one attached hydrogen (secondary N) is 1. The fourth-order valence-electron chi connectivity index (χ4n) is 3.61. The van der Waals surface area contributed by atoms with Crippen molar-refractivity contribution in [2.45, 2.75) is 0 Å². The lowest BCUT2D eigenvalue weighted by atomic mass is 9.98. The van der Waals surface area contributed by atoms with Crippen molar-refractivity contribution in [2.75, 3.05) is 7.11 Å². The molecule has 0 fully saturated rings. The van der Waals surface area contributed by atoms with Crippen LogP contribution < -0.4 is 4.74 Å². The molecule has 1 aliphatic rings. The zero-order valence-electron chi connectivity index (χ0n) is 15.1. The van der Waals surface area contributed by atoms with Gasteiger partial charge in [-0.25, -0.2) is 4.99 Å². The third kappa shape index (κ3) is 2.41. The Labute approximate surface area is 160 Å². The fourth-order valence-corrected chi connectivity index (χ4v) is 3.61. The summed E-state index contributed by atoms with van der Waals surface area (Å²) in [6, 6.07) is 20.8. The number of fused-ring (bicyclic) bond motifs is 2. The molecule has 5 heteroatoms. The van der Waals surface area contributed by atoms with E-state index in [1.54, 1.807) is 19.2 Å². The Hall–Kier alpha value is -3.86. The topological polar surface area (TPSA) is 74.7 Å². The molecule has 4 aromatic rings. The molecule has 0 aliphatic carbocycles. The lowest BCUT2D eigenvalue weighted by molar-refractivity contribution is 0.107. The number of hydrogen-bond donors (Lipinski definition) is 2. The van der Waals surface area contributed by atoms with Gasteiger partial charge in [-0.05, 0) is 47.5 Å². The number of hydrogen-bond acceptors (Lipinski definition) is 4. The molecule has 0 atom stereocenters. The van der Waals surface area contributed by atoms with Gasteiger partial charge in [-0.3, -0.25) is 4.79 Å². The van der Waals surface area contributed by atoms with Gasteiger partial charge in [0.25, 0.3) is 0 Å². The summed E-state index contributed by atoms with van der Waals surface area (Å²) in [5, 5.41) is 11.3. The first-order chi connectivity index (χ1) is 13.7. The molecule has 0 amide bonds. The molecule has 5 nitrogen and oxygen atoms in total. The summed E-state index contributed by atoms with van der Waals surface area (Å²) < 4.78 is 5.22. The number of ketones is 1. The molecule has 0 bridgehead atoms. The van der Waals surface area contributed by atoms with Crippen LogP contribution in [0.25, 0.3) is 22.0 Å². The Balaban J connectivity index is 1.66. The number of Topliss-reactive ketones (excluding diaryl/α,β-unsaturated/α-hetero) is 1. The maximum Gasteiger partial charge on any atom is 0.214 e. The molecule has 0 unspecified atom stereocenters. The number of aromatic hydroxyl groups is 1. The molecule has 2 heterocycles. The lowest BCUT2D eigenvalue weighted by Gasteiger charge is -2.05. The van der Waals surface area contributed by atoms with Gasteiger partial charge in [-0.2, -0.15) is 0 Å². The van der Waals surface area contributed by atoms with Crippen molar-refractivity contribution in [1.82, 2.24) is 4.98 Å². The Morgan fingerprint density at radius 1 is 0.964 bits per heavy atom. The molecular formula is C23H16N2O3. The minimum absolute atomic E-state index is 0.0539. The van der Waals surface area contributed by atoms with Gasteiger partial charge in [0.05, 0.1) is 18.4 Å². The molecule has 2 N–H and O–H groups in total. The van der Waals surface area contributed by atoms with E-state index in [-0.39, 0.29) is 17.4 Å². The van der Waals surface area contributed by atoms with Crippen molar-refractivity contribution in [3.63, 3.8) is 0 Å². The summed E-state index contributed by atoms with van der Waals surface area (Å²) in [7, 11) is 1.63. The van der Waals surface area contributed by atoms with E-state index >= 15 is 0 Å². The Bertz CT molecular complexity index is 1270. The molecule has 0 saturated carbocycles. The second-order valence-corrected chi connectivity index (χ2v) is 6.64. The SMILES string of the molecule is COc1ccc(-c2ccc3[nH]c(O)c(C4=Nc5ccccc5C4=O)c3c2)cc1. The number of rotatable bonds is 3. The Kier molecular flexibility index (Phi) is 3.55. The predicted molar refractivity (Wildman–Crippen MR) is 109 cm³/mol. The smallest absolute Gasteiger partial charge is 0.214 e. The normalized spacial score (nSPS) is 12.9. The highest BCUT2D eigenvalue weighted by atomic mass is 16.5. The van der Waals surface area contributed by atoms with E-state index in [0.29, 0.717) is 16.8 Å². The average molecular weight is 368 g/mol. The number of aromatic amines is 1. The van der Waals surface area contributed by atoms with E-state index in [0.717, 1.165) is 27.8 Å². The minimum Gasteiger partial charge on any atom is -0.497 e. The second-order valence-electron chi connectivity index (χ2n) is 6.64. The van der Waals surface area contributed by atoms with Crippen LogP contribution in [0.5, 0.6) is 11.6 Å². The van der Waals surface area contributed by atoms with Gasteiger partial charge in [0.15, 0.2) is 5.88 Å². The highest BCUT2D eigenvalue weighted by Gasteiger charge is 2.29. The maximum absolute atomic E-state index is 12.8. The number of para-hydroxylation sites is 1. The maximum atomic E-state index is 12.8. The van der Waals surface area contributed by atoms with Crippen molar-refractivity contribution in [2.24, 2.45) is 4.99 Å². The van der Waals surface area contributed by atoms with Crippen LogP contribution >= 0.6 is 0 Å². The van der Waals surface area contributed by atoms with E-state index in [1.807, 2.05) is 54.6 Å². The molecular weight excluding hydrogens is 352 g/mol. The van der Waals surface area contributed by atoms with Crippen molar-refractivity contribution in [3.8, 4) is 22.8 Å². The predicted octanol–water partition coefficient (Wildman–Crippen LogP) is 4.87.